The van der Waals surface area contributed by atoms with Crippen molar-refractivity contribution in [3.63, 3.8) is 0 Å². The highest BCUT2D eigenvalue weighted by Crippen LogP contribution is 2.09. The molecule has 1 aliphatic rings. The van der Waals surface area contributed by atoms with Crippen LogP contribution in [0.5, 0.6) is 0 Å². The number of carbonyl (C=O) groups excluding carboxylic acids is 1. The number of nitrogens with one attached hydrogen (secondary N) is 2. The lowest BCUT2D eigenvalue weighted by Crippen LogP contribution is -2.53. The fourth-order valence-corrected chi connectivity index (χ4v) is 1.86. The minimum atomic E-state index is -0.0137. The van der Waals surface area contributed by atoms with E-state index < -0.39 is 0 Å². The second-order valence-electron chi connectivity index (χ2n) is 4.04. The molecule has 0 spiro atoms. The van der Waals surface area contributed by atoms with Gasteiger partial charge in [-0.3, -0.25) is 0 Å². The van der Waals surface area contributed by atoms with Gasteiger partial charge in [-0.05, 0) is 19.1 Å². The van der Waals surface area contributed by atoms with Crippen molar-refractivity contribution >= 4 is 11.7 Å². The molecule has 1 heterocycles. The van der Waals surface area contributed by atoms with Crippen molar-refractivity contribution in [1.82, 2.24) is 10.2 Å². The van der Waals surface area contributed by atoms with E-state index in [0.29, 0.717) is 0 Å². The second-order valence-corrected chi connectivity index (χ2v) is 4.04. The summed E-state index contributed by atoms with van der Waals surface area (Å²) in [5.41, 5.74) is 0.846. The van der Waals surface area contributed by atoms with Crippen LogP contribution >= 0.6 is 0 Å². The molecule has 2 N–H and O–H groups in total. The molecule has 1 aromatic rings. The first kappa shape index (κ1) is 11.0. The molecule has 16 heavy (non-hydrogen) atoms. The van der Waals surface area contributed by atoms with Gasteiger partial charge in [0.2, 0.25) is 0 Å². The van der Waals surface area contributed by atoms with Crippen molar-refractivity contribution in [1.29, 1.82) is 0 Å². The summed E-state index contributed by atoms with van der Waals surface area (Å²) in [6.07, 6.45) is 0. The van der Waals surface area contributed by atoms with Crippen molar-refractivity contribution in [2.75, 3.05) is 25.0 Å². The lowest BCUT2D eigenvalue weighted by molar-refractivity contribution is 0.177. The molecule has 0 bridgehead atoms. The third kappa shape index (κ3) is 2.52. The van der Waals surface area contributed by atoms with Crippen LogP contribution in [-0.4, -0.2) is 36.6 Å². The number of hydrogen-bond acceptors (Lipinski definition) is 2. The van der Waals surface area contributed by atoms with E-state index in [1.165, 1.54) is 0 Å². The maximum absolute atomic E-state index is 12.0. The van der Waals surface area contributed by atoms with Gasteiger partial charge in [-0.15, -0.1) is 0 Å². The summed E-state index contributed by atoms with van der Waals surface area (Å²) in [6.45, 7) is 4.55. The summed E-state index contributed by atoms with van der Waals surface area (Å²) in [5.74, 6) is 0. The fourth-order valence-electron chi connectivity index (χ4n) is 1.86. The van der Waals surface area contributed by atoms with E-state index in [4.69, 9.17) is 0 Å². The van der Waals surface area contributed by atoms with Gasteiger partial charge < -0.3 is 15.5 Å². The molecule has 0 radical (unpaired) electrons. The van der Waals surface area contributed by atoms with E-state index in [1.807, 2.05) is 35.2 Å². The van der Waals surface area contributed by atoms with Crippen molar-refractivity contribution < 1.29 is 4.79 Å². The minimum absolute atomic E-state index is 0.0137. The number of nitrogens with zero attached hydrogens (tertiary/aromatic N) is 1. The highest BCUT2D eigenvalue weighted by molar-refractivity contribution is 5.89. The van der Waals surface area contributed by atoms with Gasteiger partial charge in [0.1, 0.15) is 0 Å². The maximum Gasteiger partial charge on any atom is 0.322 e. The molecule has 4 heteroatoms. The second kappa shape index (κ2) is 4.99. The van der Waals surface area contributed by atoms with Crippen LogP contribution in [0.1, 0.15) is 6.92 Å². The number of urea groups is 1. The zero-order valence-corrected chi connectivity index (χ0v) is 9.44. The zero-order chi connectivity index (χ0) is 11.4. The molecule has 86 valence electrons. The van der Waals surface area contributed by atoms with Gasteiger partial charge in [0.15, 0.2) is 0 Å². The van der Waals surface area contributed by atoms with Crippen LogP contribution in [0.4, 0.5) is 10.5 Å². The molecule has 2 amide bonds. The van der Waals surface area contributed by atoms with Crippen LogP contribution in [0.15, 0.2) is 30.3 Å². The molecule has 0 unspecified atom stereocenters. The number of benzene rings is 1. The van der Waals surface area contributed by atoms with Crippen molar-refractivity contribution in [2.45, 2.75) is 13.0 Å². The van der Waals surface area contributed by atoms with E-state index in [9.17, 15) is 4.79 Å². The zero-order valence-electron chi connectivity index (χ0n) is 9.44. The molecular weight excluding hydrogens is 202 g/mol. The Labute approximate surface area is 95.6 Å². The monoisotopic (exact) mass is 219 g/mol. The number of carbonyl (C=O) groups is 1. The van der Waals surface area contributed by atoms with Crippen LogP contribution in [0.2, 0.25) is 0 Å². The van der Waals surface area contributed by atoms with E-state index in [-0.39, 0.29) is 12.1 Å². The van der Waals surface area contributed by atoms with E-state index in [0.717, 1.165) is 25.3 Å². The van der Waals surface area contributed by atoms with Crippen LogP contribution < -0.4 is 10.6 Å². The Balaban J connectivity index is 1.97. The normalized spacial score (nSPS) is 20.6. The molecule has 2 rings (SSSR count). The number of rotatable bonds is 1. The summed E-state index contributed by atoms with van der Waals surface area (Å²) < 4.78 is 0. The minimum Gasteiger partial charge on any atom is -0.319 e. The summed E-state index contributed by atoms with van der Waals surface area (Å²) in [4.78, 5) is 13.8. The number of amides is 2. The predicted octanol–water partition coefficient (Wildman–Crippen LogP) is 1.51. The summed E-state index contributed by atoms with van der Waals surface area (Å²) in [6, 6.07) is 9.78. The maximum atomic E-state index is 12.0. The third-order valence-electron chi connectivity index (χ3n) is 2.79. The molecule has 1 aliphatic heterocycles. The van der Waals surface area contributed by atoms with Gasteiger partial charge in [-0.25, -0.2) is 4.79 Å². The van der Waals surface area contributed by atoms with Crippen molar-refractivity contribution in [3.05, 3.63) is 30.3 Å². The van der Waals surface area contributed by atoms with Crippen molar-refractivity contribution in [2.24, 2.45) is 0 Å². The van der Waals surface area contributed by atoms with E-state index in [1.54, 1.807) is 0 Å². The Bertz CT molecular complexity index is 353. The lowest BCUT2D eigenvalue weighted by Gasteiger charge is -2.33. The molecule has 4 nitrogen and oxygen atoms in total. The molecule has 1 aromatic carbocycles. The number of hydrogen-bond donors (Lipinski definition) is 2. The summed E-state index contributed by atoms with van der Waals surface area (Å²) in [7, 11) is 0. The Morgan fingerprint density at radius 2 is 2.19 bits per heavy atom. The van der Waals surface area contributed by atoms with Gasteiger partial charge in [0.05, 0.1) is 0 Å². The third-order valence-corrected chi connectivity index (χ3v) is 2.79. The van der Waals surface area contributed by atoms with Crippen LogP contribution in [0.25, 0.3) is 0 Å². The smallest absolute Gasteiger partial charge is 0.319 e. The molecule has 0 saturated carbocycles. The molecule has 1 fully saturated rings. The van der Waals surface area contributed by atoms with E-state index >= 15 is 0 Å². The van der Waals surface area contributed by atoms with Crippen molar-refractivity contribution in [3.8, 4) is 0 Å². The van der Waals surface area contributed by atoms with Crippen LogP contribution in [-0.2, 0) is 0 Å². The Kier molecular flexibility index (Phi) is 3.41. The quantitative estimate of drug-likeness (QED) is 0.752. The Morgan fingerprint density at radius 1 is 1.44 bits per heavy atom. The Morgan fingerprint density at radius 3 is 2.88 bits per heavy atom. The first-order valence-corrected chi connectivity index (χ1v) is 5.61. The molecule has 0 aliphatic carbocycles. The largest absolute Gasteiger partial charge is 0.322 e. The number of piperazine rings is 1. The van der Waals surface area contributed by atoms with E-state index in [2.05, 4.69) is 17.6 Å². The van der Waals surface area contributed by atoms with Gasteiger partial charge in [-0.2, -0.15) is 0 Å². The summed E-state index contributed by atoms with van der Waals surface area (Å²) in [5, 5.41) is 6.16. The van der Waals surface area contributed by atoms with Gasteiger partial charge in [0, 0.05) is 31.4 Å². The highest BCUT2D eigenvalue weighted by atomic mass is 16.2. The predicted molar refractivity (Wildman–Crippen MR) is 64.5 cm³/mol. The summed E-state index contributed by atoms with van der Waals surface area (Å²) >= 11 is 0. The number of para-hydroxylation sites is 1. The van der Waals surface area contributed by atoms with Crippen LogP contribution in [0, 0.1) is 0 Å². The average molecular weight is 219 g/mol. The molecule has 0 aromatic heterocycles. The molecule has 1 saturated heterocycles. The standard InChI is InChI=1S/C12H17N3O/c1-10-9-13-7-8-15(10)12(16)14-11-5-3-2-4-6-11/h2-6,10,13H,7-9H2,1H3,(H,14,16)/t10-/m0/s1. The number of anilines is 1. The van der Waals surface area contributed by atoms with Gasteiger partial charge >= 0.3 is 6.03 Å². The highest BCUT2D eigenvalue weighted by Gasteiger charge is 2.22. The van der Waals surface area contributed by atoms with Gasteiger partial charge in [0.25, 0.3) is 0 Å². The molecular formula is C12H17N3O. The fraction of sp³-hybridized carbons (Fsp3) is 0.417. The first-order chi connectivity index (χ1) is 7.77. The molecule has 1 atom stereocenters. The lowest BCUT2D eigenvalue weighted by atomic mass is 10.2. The SMILES string of the molecule is C[C@H]1CNCCN1C(=O)Nc1ccccc1. The Hall–Kier alpha value is -1.55. The van der Waals surface area contributed by atoms with Crippen LogP contribution in [0.3, 0.4) is 0 Å². The average Bonchev–Trinajstić information content (AvgIpc) is 2.31. The van der Waals surface area contributed by atoms with Gasteiger partial charge in [-0.1, -0.05) is 18.2 Å². The topological polar surface area (TPSA) is 44.4 Å². The first-order valence-electron chi connectivity index (χ1n) is 5.61.